The lowest BCUT2D eigenvalue weighted by Crippen LogP contribution is -2.13. The lowest BCUT2D eigenvalue weighted by molar-refractivity contribution is -0.134. The van der Waals surface area contributed by atoms with Gasteiger partial charge in [0, 0.05) is 17.7 Å². The average molecular weight is 293 g/mol. The standard InChI is InChI=1S/C17H15N3O2/c18-17(19)11-5-7-13(8-6-11)22-16(21)9-12-10-20-15-4-2-1-3-14(12)15/h1-8,10,12H,9H2,(H3,18,19). The van der Waals surface area contributed by atoms with Gasteiger partial charge in [-0.25, -0.2) is 0 Å². The van der Waals surface area contributed by atoms with Crippen molar-refractivity contribution in [2.45, 2.75) is 12.3 Å². The first kappa shape index (κ1) is 14.0. The number of nitrogen functional groups attached to an aromatic ring is 1. The van der Waals surface area contributed by atoms with Crippen LogP contribution in [0.1, 0.15) is 23.5 Å². The van der Waals surface area contributed by atoms with Crippen molar-refractivity contribution in [1.29, 1.82) is 5.41 Å². The predicted molar refractivity (Wildman–Crippen MR) is 85.0 cm³/mol. The fourth-order valence-corrected chi connectivity index (χ4v) is 2.39. The molecule has 2 aromatic carbocycles. The minimum atomic E-state index is -0.316. The molecular weight excluding hydrogens is 278 g/mol. The molecule has 3 rings (SSSR count). The number of hydrogen-bond acceptors (Lipinski definition) is 4. The van der Waals surface area contributed by atoms with Crippen molar-refractivity contribution in [3.05, 3.63) is 59.7 Å². The highest BCUT2D eigenvalue weighted by atomic mass is 16.5. The zero-order valence-electron chi connectivity index (χ0n) is 11.8. The van der Waals surface area contributed by atoms with E-state index in [4.69, 9.17) is 15.9 Å². The van der Waals surface area contributed by atoms with Crippen LogP contribution in [0.25, 0.3) is 0 Å². The molecule has 0 amide bonds. The van der Waals surface area contributed by atoms with E-state index in [9.17, 15) is 4.79 Å². The van der Waals surface area contributed by atoms with Gasteiger partial charge in [-0.3, -0.25) is 15.2 Å². The number of nitrogens with two attached hydrogens (primary N) is 1. The molecule has 0 bridgehead atoms. The third kappa shape index (κ3) is 2.88. The summed E-state index contributed by atoms with van der Waals surface area (Å²) in [6, 6.07) is 14.3. The largest absolute Gasteiger partial charge is 0.427 e. The lowest BCUT2D eigenvalue weighted by Gasteiger charge is -2.09. The topological polar surface area (TPSA) is 88.5 Å². The van der Waals surface area contributed by atoms with Gasteiger partial charge in [-0.1, -0.05) is 18.2 Å². The van der Waals surface area contributed by atoms with Crippen LogP contribution in [0, 0.1) is 5.41 Å². The first-order chi connectivity index (χ1) is 10.6. The molecule has 0 aromatic heterocycles. The maximum Gasteiger partial charge on any atom is 0.312 e. The number of fused-ring (bicyclic) bond motifs is 1. The van der Waals surface area contributed by atoms with Crippen molar-refractivity contribution in [2.75, 3.05) is 0 Å². The van der Waals surface area contributed by atoms with Crippen molar-refractivity contribution in [3.63, 3.8) is 0 Å². The van der Waals surface area contributed by atoms with Crippen molar-refractivity contribution in [1.82, 2.24) is 0 Å². The molecule has 110 valence electrons. The van der Waals surface area contributed by atoms with E-state index in [1.54, 1.807) is 30.5 Å². The summed E-state index contributed by atoms with van der Waals surface area (Å²) in [4.78, 5) is 16.3. The number of esters is 1. The van der Waals surface area contributed by atoms with Gasteiger partial charge in [0.25, 0.3) is 0 Å². The summed E-state index contributed by atoms with van der Waals surface area (Å²) < 4.78 is 5.31. The second kappa shape index (κ2) is 5.81. The molecule has 5 heteroatoms. The van der Waals surface area contributed by atoms with E-state index in [-0.39, 0.29) is 24.1 Å². The maximum absolute atomic E-state index is 12.0. The highest BCUT2D eigenvalue weighted by Gasteiger charge is 2.22. The molecule has 0 fully saturated rings. The number of nitrogens with zero attached hydrogens (tertiary/aromatic N) is 1. The monoisotopic (exact) mass is 293 g/mol. The number of para-hydroxylation sites is 1. The Kier molecular flexibility index (Phi) is 3.70. The zero-order valence-corrected chi connectivity index (χ0v) is 11.8. The molecule has 0 saturated heterocycles. The Morgan fingerprint density at radius 2 is 1.91 bits per heavy atom. The molecule has 1 aliphatic heterocycles. The SMILES string of the molecule is N=C(N)c1ccc(OC(=O)CC2C=Nc3ccccc32)cc1. The van der Waals surface area contributed by atoms with Crippen LogP contribution in [0.5, 0.6) is 5.75 Å². The molecule has 1 atom stereocenters. The predicted octanol–water partition coefficient (Wildman–Crippen LogP) is 2.77. The molecule has 1 unspecified atom stereocenters. The lowest BCUT2D eigenvalue weighted by atomic mass is 9.98. The van der Waals surface area contributed by atoms with E-state index in [0.29, 0.717) is 11.3 Å². The van der Waals surface area contributed by atoms with Crippen LogP contribution >= 0.6 is 0 Å². The van der Waals surface area contributed by atoms with Gasteiger partial charge in [0.15, 0.2) is 0 Å². The van der Waals surface area contributed by atoms with Crippen molar-refractivity contribution < 1.29 is 9.53 Å². The summed E-state index contributed by atoms with van der Waals surface area (Å²) in [6.07, 6.45) is 2.03. The number of carbonyl (C=O) groups is 1. The van der Waals surface area contributed by atoms with E-state index in [1.165, 1.54) is 0 Å². The third-order valence-corrected chi connectivity index (χ3v) is 3.51. The number of ether oxygens (including phenoxy) is 1. The molecule has 0 radical (unpaired) electrons. The highest BCUT2D eigenvalue weighted by Crippen LogP contribution is 2.33. The molecule has 1 heterocycles. The van der Waals surface area contributed by atoms with E-state index in [1.807, 2.05) is 24.3 Å². The Labute approximate surface area is 128 Å². The summed E-state index contributed by atoms with van der Waals surface area (Å²) in [5.74, 6) is 0.0683. The summed E-state index contributed by atoms with van der Waals surface area (Å²) in [6.45, 7) is 0. The first-order valence-corrected chi connectivity index (χ1v) is 6.92. The second-order valence-electron chi connectivity index (χ2n) is 5.06. The van der Waals surface area contributed by atoms with Crippen molar-refractivity contribution in [2.24, 2.45) is 10.7 Å². The Morgan fingerprint density at radius 1 is 1.18 bits per heavy atom. The van der Waals surface area contributed by atoms with Gasteiger partial charge < -0.3 is 10.5 Å². The Morgan fingerprint density at radius 3 is 2.64 bits per heavy atom. The number of amidine groups is 1. The van der Waals surface area contributed by atoms with Crippen LogP contribution in [0.2, 0.25) is 0 Å². The van der Waals surface area contributed by atoms with Crippen LogP contribution in [0.15, 0.2) is 53.5 Å². The Bertz CT molecular complexity index is 751. The Balaban J connectivity index is 1.64. The highest BCUT2D eigenvalue weighted by molar-refractivity contribution is 5.95. The number of carbonyl (C=O) groups excluding carboxylic acids is 1. The van der Waals surface area contributed by atoms with E-state index in [0.717, 1.165) is 11.3 Å². The Hall–Kier alpha value is -2.95. The summed E-state index contributed by atoms with van der Waals surface area (Å²) >= 11 is 0. The second-order valence-corrected chi connectivity index (χ2v) is 5.06. The maximum atomic E-state index is 12.0. The minimum Gasteiger partial charge on any atom is -0.427 e. The molecule has 0 saturated carbocycles. The molecule has 3 N–H and O–H groups in total. The van der Waals surface area contributed by atoms with Gasteiger partial charge in [-0.15, -0.1) is 0 Å². The molecule has 22 heavy (non-hydrogen) atoms. The van der Waals surface area contributed by atoms with E-state index >= 15 is 0 Å². The normalized spacial score (nSPS) is 15.4. The zero-order chi connectivity index (χ0) is 15.5. The van der Waals surface area contributed by atoms with Gasteiger partial charge in [0.05, 0.1) is 12.1 Å². The van der Waals surface area contributed by atoms with Crippen LogP contribution in [0.4, 0.5) is 5.69 Å². The van der Waals surface area contributed by atoms with Crippen molar-refractivity contribution >= 4 is 23.7 Å². The van der Waals surface area contributed by atoms with Crippen LogP contribution in [-0.4, -0.2) is 18.0 Å². The van der Waals surface area contributed by atoms with Crippen LogP contribution in [0.3, 0.4) is 0 Å². The fourth-order valence-electron chi connectivity index (χ4n) is 2.39. The number of nitrogens with one attached hydrogen (secondary N) is 1. The third-order valence-electron chi connectivity index (χ3n) is 3.51. The summed E-state index contributed by atoms with van der Waals surface area (Å²) in [5, 5.41) is 7.32. The molecule has 0 aliphatic carbocycles. The average Bonchev–Trinajstić information content (AvgIpc) is 2.91. The molecule has 2 aromatic rings. The summed E-state index contributed by atoms with van der Waals surface area (Å²) in [5.41, 5.74) is 7.93. The summed E-state index contributed by atoms with van der Waals surface area (Å²) in [7, 11) is 0. The van der Waals surface area contributed by atoms with Gasteiger partial charge in [0.1, 0.15) is 11.6 Å². The molecular formula is C17H15N3O2. The van der Waals surface area contributed by atoms with E-state index in [2.05, 4.69) is 4.99 Å². The molecule has 0 spiro atoms. The van der Waals surface area contributed by atoms with Crippen molar-refractivity contribution in [3.8, 4) is 5.75 Å². The quantitative estimate of drug-likeness (QED) is 0.393. The minimum absolute atomic E-state index is 0.0170. The fraction of sp³-hybridized carbons (Fsp3) is 0.118. The number of hydrogen-bond donors (Lipinski definition) is 2. The van der Waals surface area contributed by atoms with Crippen LogP contribution in [-0.2, 0) is 4.79 Å². The van der Waals surface area contributed by atoms with Gasteiger partial charge in [-0.2, -0.15) is 0 Å². The van der Waals surface area contributed by atoms with Gasteiger partial charge in [-0.05, 0) is 35.9 Å². The van der Waals surface area contributed by atoms with Gasteiger partial charge in [0.2, 0.25) is 0 Å². The molecule has 1 aliphatic rings. The smallest absolute Gasteiger partial charge is 0.312 e. The van der Waals surface area contributed by atoms with Gasteiger partial charge >= 0.3 is 5.97 Å². The molecule has 5 nitrogen and oxygen atoms in total. The first-order valence-electron chi connectivity index (χ1n) is 6.92. The number of benzene rings is 2. The van der Waals surface area contributed by atoms with Crippen LogP contribution < -0.4 is 10.5 Å². The number of aliphatic imine (C=N–C) groups is 1. The number of rotatable bonds is 4. The van der Waals surface area contributed by atoms with E-state index < -0.39 is 0 Å².